The Morgan fingerprint density at radius 3 is 1.14 bits per heavy atom. The van der Waals surface area contributed by atoms with Crippen LogP contribution in [0.5, 0.6) is 11.5 Å². The van der Waals surface area contributed by atoms with Crippen molar-refractivity contribution < 1.29 is 4.74 Å². The Bertz CT molecular complexity index is 2780. The Hall–Kier alpha value is -7.42. The smallest absolute Gasteiger partial charge is 0.159 e. The van der Waals surface area contributed by atoms with E-state index in [1.54, 1.807) is 0 Å². The highest BCUT2D eigenvalue weighted by Gasteiger charge is 2.26. The SMILES string of the molecule is c1ccc(-c2ccc(-c3ccc(N(c4ccc(-c5ccccc5)cc4)c4cccc5c4Oc4cc(-c6ccccc6)ccc4-c4ccccc4-5)cc3)cc2)cc1. The lowest BCUT2D eigenvalue weighted by Crippen LogP contribution is -2.11. The van der Waals surface area contributed by atoms with E-state index in [1.165, 1.54) is 27.8 Å². The zero-order chi connectivity index (χ0) is 37.3. The topological polar surface area (TPSA) is 12.5 Å². The van der Waals surface area contributed by atoms with Gasteiger partial charge in [-0.2, -0.15) is 0 Å². The minimum Gasteiger partial charge on any atom is -0.454 e. The van der Waals surface area contributed by atoms with Gasteiger partial charge in [-0.1, -0.05) is 182 Å². The molecule has 0 saturated carbocycles. The maximum atomic E-state index is 7.19. The molecule has 0 atom stereocenters. The highest BCUT2D eigenvalue weighted by atomic mass is 16.5. The molecule has 2 nitrogen and oxygen atoms in total. The highest BCUT2D eigenvalue weighted by Crippen LogP contribution is 2.53. The van der Waals surface area contributed by atoms with Crippen LogP contribution in [-0.4, -0.2) is 0 Å². The molecule has 9 aromatic carbocycles. The van der Waals surface area contributed by atoms with Crippen molar-refractivity contribution in [3.8, 4) is 78.3 Å². The van der Waals surface area contributed by atoms with E-state index in [1.807, 2.05) is 0 Å². The summed E-state index contributed by atoms with van der Waals surface area (Å²) in [6.07, 6.45) is 0. The summed E-state index contributed by atoms with van der Waals surface area (Å²) in [7, 11) is 0. The Balaban J connectivity index is 1.10. The number of fused-ring (bicyclic) bond motifs is 5. The normalized spacial score (nSPS) is 11.4. The summed E-state index contributed by atoms with van der Waals surface area (Å²) < 4.78 is 7.19. The molecule has 0 unspecified atom stereocenters. The van der Waals surface area contributed by atoms with Gasteiger partial charge >= 0.3 is 0 Å². The summed E-state index contributed by atoms with van der Waals surface area (Å²) in [4.78, 5) is 2.32. The number of ether oxygens (including phenoxy) is 1. The van der Waals surface area contributed by atoms with Crippen LogP contribution in [-0.2, 0) is 0 Å². The summed E-state index contributed by atoms with van der Waals surface area (Å²) in [5.41, 5.74) is 16.8. The van der Waals surface area contributed by atoms with Gasteiger partial charge in [-0.15, -0.1) is 0 Å². The zero-order valence-corrected chi connectivity index (χ0v) is 30.7. The summed E-state index contributed by atoms with van der Waals surface area (Å²) in [5.74, 6) is 1.65. The first-order chi connectivity index (χ1) is 27.8. The third-order valence-electron chi connectivity index (χ3n) is 10.7. The molecule has 56 heavy (non-hydrogen) atoms. The van der Waals surface area contributed by atoms with Crippen LogP contribution in [0.25, 0.3) is 66.8 Å². The van der Waals surface area contributed by atoms with Gasteiger partial charge in [-0.05, 0) is 98.1 Å². The molecular formula is C54H37NO. The minimum absolute atomic E-state index is 0.816. The molecule has 10 rings (SSSR count). The molecule has 0 aromatic heterocycles. The highest BCUT2D eigenvalue weighted by molar-refractivity contribution is 5.96. The van der Waals surface area contributed by atoms with E-state index in [-0.39, 0.29) is 0 Å². The summed E-state index contributed by atoms with van der Waals surface area (Å²) in [6.45, 7) is 0. The Kier molecular flexibility index (Phi) is 8.55. The van der Waals surface area contributed by atoms with Crippen LogP contribution in [0.2, 0.25) is 0 Å². The Labute approximate surface area is 328 Å². The number of hydrogen-bond donors (Lipinski definition) is 0. The Morgan fingerprint density at radius 1 is 0.268 bits per heavy atom. The monoisotopic (exact) mass is 715 g/mol. The number of benzene rings is 9. The summed E-state index contributed by atoms with van der Waals surface area (Å²) >= 11 is 0. The van der Waals surface area contributed by atoms with Crippen LogP contribution in [0.15, 0.2) is 224 Å². The van der Waals surface area contributed by atoms with E-state index in [9.17, 15) is 0 Å². The van der Waals surface area contributed by atoms with Gasteiger partial charge in [0.05, 0.1) is 5.69 Å². The molecule has 9 aromatic rings. The van der Waals surface area contributed by atoms with E-state index < -0.39 is 0 Å². The quantitative estimate of drug-likeness (QED) is 0.163. The number of nitrogens with zero attached hydrogens (tertiary/aromatic N) is 1. The second-order valence-electron chi connectivity index (χ2n) is 14.1. The molecule has 0 aliphatic carbocycles. The molecule has 0 radical (unpaired) electrons. The van der Waals surface area contributed by atoms with Gasteiger partial charge in [0.25, 0.3) is 0 Å². The lowest BCUT2D eigenvalue weighted by Gasteiger charge is -2.28. The van der Waals surface area contributed by atoms with Crippen LogP contribution >= 0.6 is 0 Å². The van der Waals surface area contributed by atoms with Crippen LogP contribution < -0.4 is 9.64 Å². The fourth-order valence-corrected chi connectivity index (χ4v) is 7.87. The van der Waals surface area contributed by atoms with Crippen molar-refractivity contribution in [1.29, 1.82) is 0 Å². The van der Waals surface area contributed by atoms with Crippen molar-refractivity contribution in [2.75, 3.05) is 4.90 Å². The van der Waals surface area contributed by atoms with Crippen LogP contribution in [0.1, 0.15) is 0 Å². The van der Waals surface area contributed by atoms with Gasteiger partial charge in [0.1, 0.15) is 5.75 Å². The maximum absolute atomic E-state index is 7.19. The third kappa shape index (κ3) is 6.24. The van der Waals surface area contributed by atoms with Crippen LogP contribution in [0.4, 0.5) is 17.1 Å². The number of rotatable bonds is 7. The van der Waals surface area contributed by atoms with Crippen LogP contribution in [0, 0.1) is 0 Å². The second-order valence-corrected chi connectivity index (χ2v) is 14.1. The van der Waals surface area contributed by atoms with Gasteiger partial charge < -0.3 is 9.64 Å². The van der Waals surface area contributed by atoms with Crippen molar-refractivity contribution in [3.05, 3.63) is 224 Å². The van der Waals surface area contributed by atoms with E-state index >= 15 is 0 Å². The van der Waals surface area contributed by atoms with Crippen molar-refractivity contribution in [1.82, 2.24) is 0 Å². The minimum atomic E-state index is 0.816. The fraction of sp³-hybridized carbons (Fsp3) is 0. The molecule has 1 aliphatic rings. The molecule has 1 heterocycles. The molecule has 0 fully saturated rings. The van der Waals surface area contributed by atoms with Gasteiger partial charge in [0.15, 0.2) is 5.75 Å². The standard InChI is InChI=1S/C54H37NO/c1-4-13-38(14-5-1)41-23-25-42(26-24-41)44-29-34-47(35-30-44)55(46-32-27-43(28-33-46)39-15-6-2-7-16-39)52-22-12-21-51-49-20-11-10-19-48(49)50-36-31-45(37-53(50)56-54(51)52)40-17-8-3-9-18-40/h1-37H. The number of hydrogen-bond acceptors (Lipinski definition) is 2. The molecule has 0 bridgehead atoms. The van der Waals surface area contributed by atoms with E-state index in [0.717, 1.165) is 67.5 Å². The molecule has 2 heteroatoms. The van der Waals surface area contributed by atoms with Gasteiger partial charge in [-0.3, -0.25) is 0 Å². The van der Waals surface area contributed by atoms with Crippen molar-refractivity contribution in [3.63, 3.8) is 0 Å². The molecular weight excluding hydrogens is 679 g/mol. The summed E-state index contributed by atoms with van der Waals surface area (Å²) in [6, 6.07) is 79.8. The van der Waals surface area contributed by atoms with Crippen molar-refractivity contribution in [2.24, 2.45) is 0 Å². The molecule has 0 saturated heterocycles. The van der Waals surface area contributed by atoms with Crippen LogP contribution in [0.3, 0.4) is 0 Å². The predicted molar refractivity (Wildman–Crippen MR) is 234 cm³/mol. The maximum Gasteiger partial charge on any atom is 0.159 e. The zero-order valence-electron chi connectivity index (χ0n) is 30.7. The number of para-hydroxylation sites is 1. The average molecular weight is 716 g/mol. The second kappa shape index (κ2) is 14.4. The van der Waals surface area contributed by atoms with Crippen molar-refractivity contribution >= 4 is 17.1 Å². The van der Waals surface area contributed by atoms with E-state index in [2.05, 4.69) is 229 Å². The molecule has 1 aliphatic heterocycles. The first-order valence-electron chi connectivity index (χ1n) is 19.1. The van der Waals surface area contributed by atoms with Gasteiger partial charge in [-0.25, -0.2) is 0 Å². The lowest BCUT2D eigenvalue weighted by molar-refractivity contribution is 0.489. The van der Waals surface area contributed by atoms with E-state index in [4.69, 9.17) is 4.74 Å². The molecule has 0 spiro atoms. The van der Waals surface area contributed by atoms with Crippen molar-refractivity contribution in [2.45, 2.75) is 0 Å². The third-order valence-corrected chi connectivity index (χ3v) is 10.7. The molecule has 0 N–H and O–H groups in total. The van der Waals surface area contributed by atoms with E-state index in [0.29, 0.717) is 0 Å². The fourth-order valence-electron chi connectivity index (χ4n) is 7.87. The average Bonchev–Trinajstić information content (AvgIpc) is 3.42. The summed E-state index contributed by atoms with van der Waals surface area (Å²) in [5, 5.41) is 0. The largest absolute Gasteiger partial charge is 0.454 e. The first kappa shape index (κ1) is 33.2. The lowest BCUT2D eigenvalue weighted by atomic mass is 9.93. The Morgan fingerprint density at radius 2 is 0.643 bits per heavy atom. The van der Waals surface area contributed by atoms with Gasteiger partial charge in [0.2, 0.25) is 0 Å². The molecule has 264 valence electrons. The van der Waals surface area contributed by atoms with Gasteiger partial charge in [0, 0.05) is 22.5 Å². The first-order valence-corrected chi connectivity index (χ1v) is 19.1. The number of anilines is 3. The molecule has 0 amide bonds. The predicted octanol–water partition coefficient (Wildman–Crippen LogP) is 15.3.